The molecule has 106 valence electrons. The molecule has 5 heteroatoms. The molecule has 0 spiro atoms. The Labute approximate surface area is 120 Å². The summed E-state index contributed by atoms with van der Waals surface area (Å²) in [4.78, 5) is 22.8. The van der Waals surface area contributed by atoms with Crippen molar-refractivity contribution in [3.63, 3.8) is 0 Å². The van der Waals surface area contributed by atoms with E-state index in [1.807, 2.05) is 6.07 Å². The van der Waals surface area contributed by atoms with E-state index in [1.165, 1.54) is 6.08 Å². The van der Waals surface area contributed by atoms with Gasteiger partial charge in [0.05, 0.1) is 5.56 Å². The molecular weight excluding hydrogens is 272 g/mol. The van der Waals surface area contributed by atoms with Gasteiger partial charge in [0.15, 0.2) is 12.1 Å². The second-order valence-corrected chi connectivity index (χ2v) is 4.28. The van der Waals surface area contributed by atoms with Crippen LogP contribution in [0.3, 0.4) is 0 Å². The number of allylic oxidation sites excluding steroid dienone is 1. The third-order valence-corrected chi connectivity index (χ3v) is 2.89. The fourth-order valence-electron chi connectivity index (χ4n) is 1.84. The Morgan fingerprint density at radius 3 is 2.29 bits per heavy atom. The number of phenolic OH excluding ortho intramolecular Hbond substituents is 3. The molecule has 0 aliphatic carbocycles. The summed E-state index contributed by atoms with van der Waals surface area (Å²) in [5.74, 6) is -2.62. The third-order valence-electron chi connectivity index (χ3n) is 2.89. The van der Waals surface area contributed by atoms with Gasteiger partial charge in [0.2, 0.25) is 0 Å². The highest BCUT2D eigenvalue weighted by molar-refractivity contribution is 6.12. The zero-order chi connectivity index (χ0) is 15.4. The zero-order valence-corrected chi connectivity index (χ0v) is 10.9. The number of ketones is 1. The topological polar surface area (TPSA) is 94.8 Å². The van der Waals surface area contributed by atoms with E-state index < -0.39 is 34.2 Å². The first-order valence-corrected chi connectivity index (χ1v) is 6.05. The van der Waals surface area contributed by atoms with E-state index in [-0.39, 0.29) is 6.29 Å². The summed E-state index contributed by atoms with van der Waals surface area (Å²) < 4.78 is 0. The number of carbonyl (C=O) groups excluding carboxylic acids is 2. The predicted molar refractivity (Wildman–Crippen MR) is 76.6 cm³/mol. The molecule has 2 rings (SSSR count). The van der Waals surface area contributed by atoms with Crippen LogP contribution in [0.5, 0.6) is 17.2 Å². The van der Waals surface area contributed by atoms with E-state index in [2.05, 4.69) is 0 Å². The summed E-state index contributed by atoms with van der Waals surface area (Å²) in [7, 11) is 0. The maximum absolute atomic E-state index is 12.0. The lowest BCUT2D eigenvalue weighted by Gasteiger charge is -2.08. The molecule has 0 aromatic heterocycles. The van der Waals surface area contributed by atoms with Crippen molar-refractivity contribution in [2.24, 2.45) is 0 Å². The van der Waals surface area contributed by atoms with Gasteiger partial charge in [0.25, 0.3) is 0 Å². The highest BCUT2D eigenvalue weighted by atomic mass is 16.3. The molecule has 0 unspecified atom stereocenters. The Kier molecular flexibility index (Phi) is 4.04. The summed E-state index contributed by atoms with van der Waals surface area (Å²) in [6.45, 7) is 0. The first-order chi connectivity index (χ1) is 10.0. The fourth-order valence-corrected chi connectivity index (χ4v) is 1.84. The summed E-state index contributed by atoms with van der Waals surface area (Å²) in [6, 6.07) is 9.81. The SMILES string of the molecule is O=Cc1c(O)cc(O)c(C(=O)/C=C/c2ccccc2)c1O. The van der Waals surface area contributed by atoms with Gasteiger partial charge < -0.3 is 15.3 Å². The van der Waals surface area contributed by atoms with Crippen LogP contribution in [-0.2, 0) is 0 Å². The van der Waals surface area contributed by atoms with Crippen LogP contribution in [0.2, 0.25) is 0 Å². The Morgan fingerprint density at radius 2 is 1.67 bits per heavy atom. The van der Waals surface area contributed by atoms with Crippen molar-refractivity contribution in [2.45, 2.75) is 0 Å². The van der Waals surface area contributed by atoms with Crippen LogP contribution in [0.25, 0.3) is 6.08 Å². The van der Waals surface area contributed by atoms with Crippen molar-refractivity contribution in [1.82, 2.24) is 0 Å². The summed E-state index contributed by atoms with van der Waals surface area (Å²) in [6.07, 6.45) is 2.88. The maximum atomic E-state index is 12.0. The lowest BCUT2D eigenvalue weighted by atomic mass is 10.0. The standard InChI is InChI=1S/C16H12O5/c17-9-11-13(19)8-14(20)15(16(11)21)12(18)7-6-10-4-2-1-3-5-10/h1-9,19-21H/b7-6+. The van der Waals surface area contributed by atoms with Crippen LogP contribution in [0.1, 0.15) is 26.3 Å². The molecule has 0 amide bonds. The Balaban J connectivity index is 2.40. The van der Waals surface area contributed by atoms with Crippen molar-refractivity contribution in [3.8, 4) is 17.2 Å². The fraction of sp³-hybridized carbons (Fsp3) is 0. The average molecular weight is 284 g/mol. The number of rotatable bonds is 4. The van der Waals surface area contributed by atoms with Gasteiger partial charge in [0.1, 0.15) is 22.8 Å². The molecule has 0 fully saturated rings. The van der Waals surface area contributed by atoms with Gasteiger partial charge >= 0.3 is 0 Å². The van der Waals surface area contributed by atoms with E-state index in [0.717, 1.165) is 17.7 Å². The van der Waals surface area contributed by atoms with Gasteiger partial charge in [-0.25, -0.2) is 0 Å². The number of aldehydes is 1. The lowest BCUT2D eigenvalue weighted by molar-refractivity contribution is 0.104. The molecular formula is C16H12O5. The highest BCUT2D eigenvalue weighted by Gasteiger charge is 2.20. The quantitative estimate of drug-likeness (QED) is 0.455. The molecule has 0 atom stereocenters. The summed E-state index contributed by atoms with van der Waals surface area (Å²) in [5.41, 5.74) is -0.106. The minimum Gasteiger partial charge on any atom is -0.507 e. The minimum atomic E-state index is -0.745. The van der Waals surface area contributed by atoms with E-state index >= 15 is 0 Å². The van der Waals surface area contributed by atoms with E-state index in [0.29, 0.717) is 0 Å². The number of hydrogen-bond acceptors (Lipinski definition) is 5. The Bertz CT molecular complexity index is 717. The molecule has 3 N–H and O–H groups in total. The minimum absolute atomic E-state index is 0.210. The Morgan fingerprint density at radius 1 is 1.00 bits per heavy atom. The molecule has 0 heterocycles. The lowest BCUT2D eigenvalue weighted by Crippen LogP contribution is -1.99. The molecule has 21 heavy (non-hydrogen) atoms. The molecule has 0 saturated carbocycles. The molecule has 2 aromatic carbocycles. The number of benzene rings is 2. The smallest absolute Gasteiger partial charge is 0.193 e. The second kappa shape index (κ2) is 5.92. The van der Waals surface area contributed by atoms with Crippen LogP contribution in [0, 0.1) is 0 Å². The van der Waals surface area contributed by atoms with Crippen LogP contribution in [0.15, 0.2) is 42.5 Å². The summed E-state index contributed by atoms with van der Waals surface area (Å²) >= 11 is 0. The maximum Gasteiger partial charge on any atom is 0.193 e. The van der Waals surface area contributed by atoms with Gasteiger partial charge in [-0.1, -0.05) is 36.4 Å². The first kappa shape index (κ1) is 14.3. The molecule has 5 nitrogen and oxygen atoms in total. The van der Waals surface area contributed by atoms with Crippen LogP contribution in [-0.4, -0.2) is 27.4 Å². The highest BCUT2D eigenvalue weighted by Crippen LogP contribution is 2.36. The van der Waals surface area contributed by atoms with Crippen LogP contribution in [0.4, 0.5) is 0 Å². The van der Waals surface area contributed by atoms with Gasteiger partial charge in [-0.3, -0.25) is 9.59 Å². The van der Waals surface area contributed by atoms with Crippen molar-refractivity contribution < 1.29 is 24.9 Å². The molecule has 2 aromatic rings. The first-order valence-electron chi connectivity index (χ1n) is 6.05. The number of carbonyl (C=O) groups is 2. The largest absolute Gasteiger partial charge is 0.507 e. The zero-order valence-electron chi connectivity index (χ0n) is 10.9. The van der Waals surface area contributed by atoms with Gasteiger partial charge in [-0.2, -0.15) is 0 Å². The van der Waals surface area contributed by atoms with E-state index in [9.17, 15) is 24.9 Å². The van der Waals surface area contributed by atoms with Crippen molar-refractivity contribution in [3.05, 3.63) is 59.2 Å². The molecule has 0 aliphatic rings. The van der Waals surface area contributed by atoms with Gasteiger partial charge in [0, 0.05) is 6.07 Å². The molecule has 0 saturated heterocycles. The van der Waals surface area contributed by atoms with Gasteiger partial charge in [-0.05, 0) is 11.6 Å². The second-order valence-electron chi connectivity index (χ2n) is 4.28. The summed E-state index contributed by atoms with van der Waals surface area (Å²) in [5, 5.41) is 28.9. The van der Waals surface area contributed by atoms with Crippen molar-refractivity contribution in [2.75, 3.05) is 0 Å². The van der Waals surface area contributed by atoms with Crippen molar-refractivity contribution >= 4 is 18.1 Å². The van der Waals surface area contributed by atoms with Crippen LogP contribution >= 0.6 is 0 Å². The predicted octanol–water partition coefficient (Wildman–Crippen LogP) is 2.51. The average Bonchev–Trinajstić information content (AvgIpc) is 2.46. The third kappa shape index (κ3) is 2.92. The van der Waals surface area contributed by atoms with Crippen LogP contribution < -0.4 is 0 Å². The van der Waals surface area contributed by atoms with Gasteiger partial charge in [-0.15, -0.1) is 0 Å². The molecule has 0 radical (unpaired) electrons. The molecule has 0 aliphatic heterocycles. The normalized spacial score (nSPS) is 10.7. The van der Waals surface area contributed by atoms with E-state index in [4.69, 9.17) is 0 Å². The monoisotopic (exact) mass is 284 g/mol. The number of hydrogen-bond donors (Lipinski definition) is 3. The number of aromatic hydroxyl groups is 3. The molecule has 0 bridgehead atoms. The van der Waals surface area contributed by atoms with Crippen molar-refractivity contribution in [1.29, 1.82) is 0 Å². The number of phenols is 3. The Hall–Kier alpha value is -3.08. The van der Waals surface area contributed by atoms with E-state index in [1.54, 1.807) is 24.3 Å².